The number of Topliss-reactive ketones (excluding diaryl/α,β-unsaturated/α-hetero) is 1. The Hall–Kier alpha value is -1.92. The number of hydrogen-bond acceptors (Lipinski definition) is 6. The number of primary amides is 1. The van der Waals surface area contributed by atoms with E-state index in [4.69, 9.17) is 10.3 Å². The number of nitrogens with two attached hydrogens (primary N) is 1. The number of rotatable bonds is 6. The number of amides is 1. The number of aryl methyl sites for hydroxylation is 1. The molecule has 0 radical (unpaired) electrons. The van der Waals surface area contributed by atoms with Crippen LogP contribution in [0.5, 0.6) is 0 Å². The molecule has 1 amide bonds. The van der Waals surface area contributed by atoms with Crippen molar-refractivity contribution >= 4 is 11.9 Å². The summed E-state index contributed by atoms with van der Waals surface area (Å²) in [5.74, 6) is 0.254. The molecule has 0 atom stereocenters. The van der Waals surface area contributed by atoms with Crippen molar-refractivity contribution in [2.24, 2.45) is 5.73 Å². The molecule has 1 aromatic heterocycles. The number of nitrogens with zero attached hydrogens (tertiary/aromatic N) is 2. The molecule has 16 heavy (non-hydrogen) atoms. The lowest BCUT2D eigenvalue weighted by Gasteiger charge is -1.98. The van der Waals surface area contributed by atoms with Crippen LogP contribution in [0.15, 0.2) is 4.52 Å². The number of ketones is 1. The number of carbonyl (C=O) groups excluding carboxylic acids is 2. The molecule has 0 aromatic carbocycles. The standard InChI is InChI=1S/C9H13N3O4/c1-2-7-11-8(12-16-7)6(13)4-3-5-15-9(10)14/h2-5H2,1H3,(H2,10,14). The van der Waals surface area contributed by atoms with Crippen molar-refractivity contribution in [2.45, 2.75) is 26.2 Å². The Morgan fingerprint density at radius 1 is 1.50 bits per heavy atom. The maximum atomic E-state index is 11.5. The van der Waals surface area contributed by atoms with E-state index in [-0.39, 0.29) is 24.6 Å². The summed E-state index contributed by atoms with van der Waals surface area (Å²) in [6.45, 7) is 1.96. The Bertz CT molecular complexity index is 375. The van der Waals surface area contributed by atoms with Crippen molar-refractivity contribution in [2.75, 3.05) is 6.61 Å². The lowest BCUT2D eigenvalue weighted by atomic mass is 10.2. The highest BCUT2D eigenvalue weighted by molar-refractivity contribution is 5.92. The maximum absolute atomic E-state index is 11.5. The smallest absolute Gasteiger partial charge is 0.404 e. The Labute approximate surface area is 91.9 Å². The van der Waals surface area contributed by atoms with Gasteiger partial charge in [-0.3, -0.25) is 4.79 Å². The van der Waals surface area contributed by atoms with Crippen LogP contribution in [-0.4, -0.2) is 28.6 Å². The summed E-state index contributed by atoms with van der Waals surface area (Å²) in [6.07, 6.45) is 0.319. The van der Waals surface area contributed by atoms with E-state index in [9.17, 15) is 9.59 Å². The van der Waals surface area contributed by atoms with E-state index in [0.717, 1.165) is 0 Å². The first-order valence-corrected chi connectivity index (χ1v) is 4.91. The Kier molecular flexibility index (Phi) is 4.43. The van der Waals surface area contributed by atoms with Gasteiger partial charge in [-0.1, -0.05) is 12.1 Å². The van der Waals surface area contributed by atoms with Gasteiger partial charge in [0.25, 0.3) is 0 Å². The first-order valence-electron chi connectivity index (χ1n) is 4.91. The van der Waals surface area contributed by atoms with Gasteiger partial charge in [0.2, 0.25) is 17.5 Å². The normalized spacial score (nSPS) is 10.1. The molecule has 7 heteroatoms. The fourth-order valence-corrected chi connectivity index (χ4v) is 1.03. The van der Waals surface area contributed by atoms with Crippen LogP contribution < -0.4 is 5.73 Å². The van der Waals surface area contributed by atoms with Crippen molar-refractivity contribution in [3.8, 4) is 0 Å². The minimum absolute atomic E-state index is 0.0657. The van der Waals surface area contributed by atoms with Crippen molar-refractivity contribution < 1.29 is 18.8 Å². The Balaban J connectivity index is 2.32. The zero-order valence-corrected chi connectivity index (χ0v) is 8.93. The van der Waals surface area contributed by atoms with Gasteiger partial charge >= 0.3 is 6.09 Å². The first-order chi connectivity index (χ1) is 7.63. The Morgan fingerprint density at radius 3 is 2.81 bits per heavy atom. The molecule has 1 heterocycles. The summed E-state index contributed by atoms with van der Waals surface area (Å²) in [4.78, 5) is 25.6. The van der Waals surface area contributed by atoms with E-state index in [1.165, 1.54) is 0 Å². The first kappa shape index (κ1) is 12.2. The van der Waals surface area contributed by atoms with E-state index in [1.807, 2.05) is 6.92 Å². The number of hydrogen-bond donors (Lipinski definition) is 1. The highest BCUT2D eigenvalue weighted by Crippen LogP contribution is 2.03. The van der Waals surface area contributed by atoms with Gasteiger partial charge in [-0.15, -0.1) is 0 Å². The topological polar surface area (TPSA) is 108 Å². The van der Waals surface area contributed by atoms with Crippen LogP contribution in [0.25, 0.3) is 0 Å². The van der Waals surface area contributed by atoms with E-state index < -0.39 is 6.09 Å². The largest absolute Gasteiger partial charge is 0.450 e. The molecular formula is C9H13N3O4. The SMILES string of the molecule is CCc1nc(C(=O)CCCOC(N)=O)no1. The lowest BCUT2D eigenvalue weighted by molar-refractivity contribution is 0.0950. The van der Waals surface area contributed by atoms with Gasteiger partial charge in [0.05, 0.1) is 6.61 Å². The van der Waals surface area contributed by atoms with E-state index in [2.05, 4.69) is 14.9 Å². The molecule has 88 valence electrons. The van der Waals surface area contributed by atoms with Crippen LogP contribution in [0, 0.1) is 0 Å². The third-order valence-corrected chi connectivity index (χ3v) is 1.81. The van der Waals surface area contributed by atoms with Gasteiger partial charge in [0.15, 0.2) is 0 Å². The van der Waals surface area contributed by atoms with Crippen LogP contribution in [0.2, 0.25) is 0 Å². The number of carbonyl (C=O) groups is 2. The zero-order valence-electron chi connectivity index (χ0n) is 8.93. The third-order valence-electron chi connectivity index (χ3n) is 1.81. The summed E-state index contributed by atoms with van der Waals surface area (Å²) in [7, 11) is 0. The molecular weight excluding hydrogens is 214 g/mol. The molecule has 1 rings (SSSR count). The van der Waals surface area contributed by atoms with Crippen LogP contribution in [0.3, 0.4) is 0 Å². The van der Waals surface area contributed by atoms with Gasteiger partial charge in [-0.05, 0) is 6.42 Å². The van der Waals surface area contributed by atoms with E-state index >= 15 is 0 Å². The maximum Gasteiger partial charge on any atom is 0.404 e. The fraction of sp³-hybridized carbons (Fsp3) is 0.556. The van der Waals surface area contributed by atoms with Gasteiger partial charge in [-0.25, -0.2) is 4.79 Å². The summed E-state index contributed by atoms with van der Waals surface area (Å²) in [5.41, 5.74) is 4.76. The molecule has 0 saturated heterocycles. The van der Waals surface area contributed by atoms with Crippen LogP contribution in [0.1, 0.15) is 36.3 Å². The number of ether oxygens (including phenoxy) is 1. The summed E-state index contributed by atoms with van der Waals surface area (Å²) >= 11 is 0. The van der Waals surface area contributed by atoms with Gasteiger partial charge in [-0.2, -0.15) is 4.98 Å². The second-order valence-electron chi connectivity index (χ2n) is 3.06. The van der Waals surface area contributed by atoms with Crippen molar-refractivity contribution in [3.63, 3.8) is 0 Å². The molecule has 0 bridgehead atoms. The van der Waals surface area contributed by atoms with E-state index in [0.29, 0.717) is 18.7 Å². The monoisotopic (exact) mass is 227 g/mol. The average Bonchev–Trinajstić information content (AvgIpc) is 2.72. The third kappa shape index (κ3) is 3.68. The van der Waals surface area contributed by atoms with Gasteiger partial charge in [0, 0.05) is 12.8 Å². The summed E-state index contributed by atoms with van der Waals surface area (Å²) in [5, 5.41) is 3.53. The van der Waals surface area contributed by atoms with Crippen LogP contribution in [-0.2, 0) is 11.2 Å². The minimum atomic E-state index is -0.847. The van der Waals surface area contributed by atoms with Crippen LogP contribution >= 0.6 is 0 Å². The molecule has 0 aliphatic carbocycles. The van der Waals surface area contributed by atoms with E-state index in [1.54, 1.807) is 0 Å². The predicted molar refractivity (Wildman–Crippen MR) is 52.8 cm³/mol. The Morgan fingerprint density at radius 2 is 2.25 bits per heavy atom. The minimum Gasteiger partial charge on any atom is -0.450 e. The second kappa shape index (κ2) is 5.84. The average molecular weight is 227 g/mol. The second-order valence-corrected chi connectivity index (χ2v) is 3.06. The van der Waals surface area contributed by atoms with Crippen LogP contribution in [0.4, 0.5) is 4.79 Å². The molecule has 0 aliphatic rings. The molecule has 1 aromatic rings. The fourth-order valence-electron chi connectivity index (χ4n) is 1.03. The lowest BCUT2D eigenvalue weighted by Crippen LogP contribution is -2.14. The summed E-state index contributed by atoms with van der Waals surface area (Å²) in [6, 6.07) is 0. The molecule has 7 nitrogen and oxygen atoms in total. The highest BCUT2D eigenvalue weighted by Gasteiger charge is 2.13. The molecule has 0 unspecified atom stereocenters. The quantitative estimate of drug-likeness (QED) is 0.565. The molecule has 0 aliphatic heterocycles. The van der Waals surface area contributed by atoms with Gasteiger partial charge in [0.1, 0.15) is 0 Å². The highest BCUT2D eigenvalue weighted by atomic mass is 16.5. The van der Waals surface area contributed by atoms with Crippen molar-refractivity contribution in [1.29, 1.82) is 0 Å². The van der Waals surface area contributed by atoms with Gasteiger partial charge < -0.3 is 15.0 Å². The number of aromatic nitrogens is 2. The zero-order chi connectivity index (χ0) is 12.0. The predicted octanol–water partition coefficient (Wildman–Crippen LogP) is 0.690. The van der Waals surface area contributed by atoms with Crippen molar-refractivity contribution in [3.05, 3.63) is 11.7 Å². The van der Waals surface area contributed by atoms with Crippen molar-refractivity contribution in [1.82, 2.24) is 10.1 Å². The molecule has 0 spiro atoms. The molecule has 0 saturated carbocycles. The molecule has 2 N–H and O–H groups in total. The molecule has 0 fully saturated rings. The summed E-state index contributed by atoms with van der Waals surface area (Å²) < 4.78 is 9.27.